The zero-order valence-electron chi connectivity index (χ0n) is 20.2. The fourth-order valence-electron chi connectivity index (χ4n) is 4.79. The molecule has 0 spiro atoms. The predicted molar refractivity (Wildman–Crippen MR) is 151 cm³/mol. The number of H-pyrrole nitrogens is 1. The first-order valence-electron chi connectivity index (χ1n) is 12.1. The van der Waals surface area contributed by atoms with Crippen molar-refractivity contribution in [1.82, 2.24) is 9.99 Å². The minimum atomic E-state index is -0.957. The van der Waals surface area contributed by atoms with Gasteiger partial charge in [-0.25, -0.2) is 5.01 Å². The number of carbonyl (C=O) groups excluding carboxylic acids is 1. The number of carboxylic acid groups (broad SMARTS) is 1. The number of aromatic nitrogens is 1. The summed E-state index contributed by atoms with van der Waals surface area (Å²) in [6.45, 7) is 0. The molecular weight excluding hydrogens is 570 g/mol. The number of nitrogens with zero attached hydrogens (tertiary/aromatic N) is 2. The van der Waals surface area contributed by atoms with Crippen LogP contribution in [0.5, 0.6) is 0 Å². The number of halogens is 2. The van der Waals surface area contributed by atoms with Gasteiger partial charge in [0.1, 0.15) is 0 Å². The Balaban J connectivity index is 1.66. The molecule has 9 heteroatoms. The Labute approximate surface area is 231 Å². The van der Waals surface area contributed by atoms with Gasteiger partial charge in [-0.2, -0.15) is 5.10 Å². The second kappa shape index (κ2) is 10.9. The number of nitrogens with one attached hydrogen (secondary N) is 1. The lowest BCUT2D eigenvalue weighted by molar-refractivity contribution is -0.137. The van der Waals surface area contributed by atoms with E-state index in [1.54, 1.807) is 12.1 Å². The third-order valence-corrected chi connectivity index (χ3v) is 7.29. The molecule has 0 bridgehead atoms. The second-order valence-corrected chi connectivity index (χ2v) is 10.4. The van der Waals surface area contributed by atoms with Crippen LogP contribution in [0.15, 0.2) is 87.2 Å². The van der Waals surface area contributed by atoms with Crippen LogP contribution in [0.2, 0.25) is 5.02 Å². The van der Waals surface area contributed by atoms with Crippen molar-refractivity contribution in [3.63, 3.8) is 0 Å². The Bertz CT molecular complexity index is 1620. The van der Waals surface area contributed by atoms with Gasteiger partial charge in [-0.05, 0) is 47.9 Å². The van der Waals surface area contributed by atoms with E-state index in [1.165, 1.54) is 5.01 Å². The summed E-state index contributed by atoms with van der Waals surface area (Å²) in [5.41, 5.74) is 3.58. The lowest BCUT2D eigenvalue weighted by Crippen LogP contribution is -2.27. The van der Waals surface area contributed by atoms with Gasteiger partial charge >= 0.3 is 5.97 Å². The number of rotatable bonds is 7. The molecule has 2 N–H and O–H groups in total. The SMILES string of the molecule is O=C(O)CCCC(=O)N1N=C(c2c(-c3ccccc3)c3cc(Cl)ccc3[nH]c2=O)C[C@@H]1c1ccc(Br)cc1. The van der Waals surface area contributed by atoms with Crippen molar-refractivity contribution < 1.29 is 14.7 Å². The maximum atomic E-state index is 13.6. The number of hydrogen-bond acceptors (Lipinski definition) is 4. The van der Waals surface area contributed by atoms with Gasteiger partial charge in [-0.1, -0.05) is 70.0 Å². The minimum absolute atomic E-state index is 0.0331. The summed E-state index contributed by atoms with van der Waals surface area (Å²) in [4.78, 5) is 40.8. The molecule has 2 heterocycles. The van der Waals surface area contributed by atoms with Crippen molar-refractivity contribution in [2.75, 3.05) is 0 Å². The molecule has 1 aliphatic rings. The van der Waals surface area contributed by atoms with Gasteiger partial charge in [0.05, 0.1) is 17.3 Å². The number of aromatic amines is 1. The van der Waals surface area contributed by atoms with Crippen molar-refractivity contribution in [3.05, 3.63) is 104 Å². The van der Waals surface area contributed by atoms with Crippen molar-refractivity contribution in [1.29, 1.82) is 0 Å². The van der Waals surface area contributed by atoms with Crippen molar-refractivity contribution in [3.8, 4) is 11.1 Å². The van der Waals surface area contributed by atoms with Gasteiger partial charge < -0.3 is 10.1 Å². The fourth-order valence-corrected chi connectivity index (χ4v) is 5.22. The molecule has 1 aromatic heterocycles. The van der Waals surface area contributed by atoms with Crippen molar-refractivity contribution in [2.24, 2.45) is 5.10 Å². The third kappa shape index (κ3) is 5.28. The van der Waals surface area contributed by atoms with Crippen LogP contribution in [0.4, 0.5) is 0 Å². The first-order valence-corrected chi connectivity index (χ1v) is 13.3. The highest BCUT2D eigenvalue weighted by Crippen LogP contribution is 2.38. The van der Waals surface area contributed by atoms with Gasteiger partial charge in [0.15, 0.2) is 0 Å². The number of carbonyl (C=O) groups is 2. The summed E-state index contributed by atoms with van der Waals surface area (Å²) in [6.07, 6.45) is 0.446. The number of benzene rings is 3. The lowest BCUT2D eigenvalue weighted by Gasteiger charge is -2.22. The highest BCUT2D eigenvalue weighted by atomic mass is 79.9. The van der Waals surface area contributed by atoms with Crippen LogP contribution in [0.1, 0.15) is 42.9 Å². The Morgan fingerprint density at radius 3 is 2.47 bits per heavy atom. The molecule has 0 radical (unpaired) electrons. The number of hydrazone groups is 1. The van der Waals surface area contributed by atoms with Gasteiger partial charge in [0.2, 0.25) is 5.91 Å². The van der Waals surface area contributed by atoms with Crippen LogP contribution in [-0.2, 0) is 9.59 Å². The molecule has 0 fully saturated rings. The number of fused-ring (bicyclic) bond motifs is 1. The molecular formula is C29H23BrClN3O4. The molecule has 1 atom stereocenters. The molecule has 3 aromatic carbocycles. The topological polar surface area (TPSA) is 103 Å². The van der Waals surface area contributed by atoms with E-state index in [0.29, 0.717) is 33.8 Å². The van der Waals surface area contributed by atoms with Crippen LogP contribution in [0.25, 0.3) is 22.0 Å². The third-order valence-electron chi connectivity index (χ3n) is 6.53. The van der Waals surface area contributed by atoms with E-state index in [0.717, 1.165) is 21.0 Å². The molecule has 38 heavy (non-hydrogen) atoms. The van der Waals surface area contributed by atoms with E-state index < -0.39 is 12.0 Å². The smallest absolute Gasteiger partial charge is 0.303 e. The average Bonchev–Trinajstić information content (AvgIpc) is 3.34. The molecule has 5 rings (SSSR count). The fraction of sp³-hybridized carbons (Fsp3) is 0.172. The quantitative estimate of drug-likeness (QED) is 0.254. The van der Waals surface area contributed by atoms with Gasteiger partial charge in [0.25, 0.3) is 5.56 Å². The Kier molecular flexibility index (Phi) is 7.44. The van der Waals surface area contributed by atoms with E-state index in [2.05, 4.69) is 20.9 Å². The Hall–Kier alpha value is -3.75. The van der Waals surface area contributed by atoms with Gasteiger partial charge in [-0.3, -0.25) is 14.4 Å². The van der Waals surface area contributed by atoms with E-state index in [4.69, 9.17) is 21.8 Å². The molecule has 0 saturated heterocycles. The molecule has 1 aliphatic heterocycles. The molecule has 192 valence electrons. The van der Waals surface area contributed by atoms with Crippen molar-refractivity contribution in [2.45, 2.75) is 31.7 Å². The summed E-state index contributed by atoms with van der Waals surface area (Å²) in [7, 11) is 0. The summed E-state index contributed by atoms with van der Waals surface area (Å²) >= 11 is 9.81. The first-order chi connectivity index (χ1) is 18.3. The molecule has 7 nitrogen and oxygen atoms in total. The summed E-state index contributed by atoms with van der Waals surface area (Å²) in [6, 6.07) is 22.0. The second-order valence-electron chi connectivity index (χ2n) is 9.06. The number of amides is 1. The number of carboxylic acids is 1. The van der Waals surface area contributed by atoms with Crippen LogP contribution in [-0.4, -0.2) is 32.7 Å². The van der Waals surface area contributed by atoms with E-state index in [-0.39, 0.29) is 30.7 Å². The molecule has 4 aromatic rings. The Morgan fingerprint density at radius 2 is 1.76 bits per heavy atom. The zero-order chi connectivity index (χ0) is 26.8. The van der Waals surface area contributed by atoms with Crippen LogP contribution in [0.3, 0.4) is 0 Å². The highest BCUT2D eigenvalue weighted by molar-refractivity contribution is 9.10. The standard InChI is InChI=1S/C29H23BrClN3O4/c30-19-11-9-17(10-12-19)24-16-23(33-34(24)25(35)7-4-8-26(36)37)28-27(18-5-2-1-3-6-18)21-15-20(31)13-14-22(21)32-29(28)38/h1-3,5-6,9-15,24H,4,7-8,16H2,(H,32,38)(H,36,37)/t24-/m1/s1. The normalized spacial score (nSPS) is 15.1. The van der Waals surface area contributed by atoms with Crippen LogP contribution < -0.4 is 5.56 Å². The zero-order valence-corrected chi connectivity index (χ0v) is 22.5. The molecule has 1 amide bonds. The maximum absolute atomic E-state index is 13.6. The highest BCUT2D eigenvalue weighted by Gasteiger charge is 2.35. The first kappa shape index (κ1) is 25.9. The summed E-state index contributed by atoms with van der Waals surface area (Å²) < 4.78 is 0.897. The summed E-state index contributed by atoms with van der Waals surface area (Å²) in [5, 5.41) is 16.4. The number of pyridine rings is 1. The van der Waals surface area contributed by atoms with E-state index >= 15 is 0 Å². The molecule has 0 saturated carbocycles. The summed E-state index contributed by atoms with van der Waals surface area (Å²) in [5.74, 6) is -1.25. The predicted octanol–water partition coefficient (Wildman–Crippen LogP) is 6.54. The number of hydrogen-bond donors (Lipinski definition) is 2. The Morgan fingerprint density at radius 1 is 1.03 bits per heavy atom. The van der Waals surface area contributed by atoms with E-state index in [9.17, 15) is 14.4 Å². The van der Waals surface area contributed by atoms with Crippen LogP contribution >= 0.6 is 27.5 Å². The maximum Gasteiger partial charge on any atom is 0.303 e. The number of aliphatic carboxylic acids is 1. The average molecular weight is 593 g/mol. The van der Waals surface area contributed by atoms with Crippen molar-refractivity contribution >= 4 is 56.0 Å². The largest absolute Gasteiger partial charge is 0.481 e. The molecule has 0 aliphatic carbocycles. The molecule has 0 unspecified atom stereocenters. The minimum Gasteiger partial charge on any atom is -0.481 e. The van der Waals surface area contributed by atoms with Gasteiger partial charge in [-0.15, -0.1) is 0 Å². The van der Waals surface area contributed by atoms with Gasteiger partial charge in [0, 0.05) is 45.2 Å². The van der Waals surface area contributed by atoms with Crippen LogP contribution in [0, 0.1) is 0 Å². The van der Waals surface area contributed by atoms with E-state index in [1.807, 2.05) is 60.7 Å². The lowest BCUT2D eigenvalue weighted by atomic mass is 9.91. The monoisotopic (exact) mass is 591 g/mol.